The average molecular weight is 471 g/mol. The lowest BCUT2D eigenvalue weighted by Crippen LogP contribution is -2.41. The maximum absolute atomic E-state index is 13.0. The molecule has 1 N–H and O–H groups in total. The molecule has 0 aliphatic carbocycles. The molecular weight excluding hydrogens is 446 g/mol. The highest BCUT2D eigenvalue weighted by Gasteiger charge is 2.36. The third kappa shape index (κ3) is 4.44. The molecule has 0 radical (unpaired) electrons. The van der Waals surface area contributed by atoms with Gasteiger partial charge < -0.3 is 19.3 Å². The van der Waals surface area contributed by atoms with E-state index in [1.54, 1.807) is 25.4 Å². The van der Waals surface area contributed by atoms with E-state index in [0.29, 0.717) is 11.4 Å². The van der Waals surface area contributed by atoms with Gasteiger partial charge in [0.25, 0.3) is 5.76 Å². The van der Waals surface area contributed by atoms with Crippen LogP contribution in [0.25, 0.3) is 38.9 Å². The largest absolute Gasteiger partial charge is 0.497 e. The van der Waals surface area contributed by atoms with Crippen molar-refractivity contribution in [3.63, 3.8) is 0 Å². The lowest BCUT2D eigenvalue weighted by Gasteiger charge is -2.15. The highest BCUT2D eigenvalue weighted by atomic mass is 16.5. The van der Waals surface area contributed by atoms with Gasteiger partial charge in [-0.05, 0) is 35.9 Å². The molecule has 1 heterocycles. The summed E-state index contributed by atoms with van der Waals surface area (Å²) in [5, 5.41) is 12.5. The quantitative estimate of drug-likeness (QED) is 0.193. The Bertz CT molecular complexity index is 1430. The molecule has 0 amide bonds. The molecule has 0 fully saturated rings. The lowest BCUT2D eigenvalue weighted by molar-refractivity contribution is -0.565. The maximum atomic E-state index is 13.0. The van der Waals surface area contributed by atoms with Crippen LogP contribution >= 0.6 is 0 Å². The van der Waals surface area contributed by atoms with Gasteiger partial charge in [-0.25, -0.2) is 9.59 Å². The van der Waals surface area contributed by atoms with Crippen molar-refractivity contribution in [2.45, 2.75) is 0 Å². The van der Waals surface area contributed by atoms with Crippen molar-refractivity contribution in [1.29, 1.82) is 0 Å². The number of benzene rings is 3. The van der Waals surface area contributed by atoms with E-state index in [1.165, 1.54) is 11.7 Å². The number of nitrogens with zero attached hydrogens (tertiary/aromatic N) is 1. The number of aromatic nitrogens is 1. The summed E-state index contributed by atoms with van der Waals surface area (Å²) < 4.78 is 16.5. The molecule has 0 saturated heterocycles. The number of aliphatic hydroxyl groups excluding tert-OH is 1. The van der Waals surface area contributed by atoms with Crippen LogP contribution in [0.15, 0.2) is 90.8 Å². The first-order chi connectivity index (χ1) is 17.0. The van der Waals surface area contributed by atoms with Gasteiger partial charge in [0, 0.05) is 16.3 Å². The van der Waals surface area contributed by atoms with Crippen molar-refractivity contribution in [1.82, 2.24) is 0 Å². The zero-order valence-electron chi connectivity index (χ0n) is 19.5. The first-order valence-corrected chi connectivity index (χ1v) is 10.8. The fraction of sp³-hybridized carbons (Fsp3) is 0.107. The summed E-state index contributed by atoms with van der Waals surface area (Å²) in [6.07, 6.45) is 1.69. The van der Waals surface area contributed by atoms with Crippen molar-refractivity contribution >= 4 is 28.4 Å². The van der Waals surface area contributed by atoms with E-state index in [4.69, 9.17) is 14.2 Å². The van der Waals surface area contributed by atoms with Crippen LogP contribution in [0.2, 0.25) is 0 Å². The Morgan fingerprint density at radius 1 is 0.743 bits per heavy atom. The van der Waals surface area contributed by atoms with Crippen LogP contribution in [0.3, 0.4) is 0 Å². The number of hydrogen-bond acceptors (Lipinski definition) is 6. The second-order valence-electron chi connectivity index (χ2n) is 7.58. The van der Waals surface area contributed by atoms with Gasteiger partial charge in [0.1, 0.15) is 5.75 Å². The highest BCUT2D eigenvalue weighted by Crippen LogP contribution is 2.37. The molecule has 0 bridgehead atoms. The van der Waals surface area contributed by atoms with Crippen LogP contribution in [0.1, 0.15) is 0 Å². The van der Waals surface area contributed by atoms with Gasteiger partial charge >= 0.3 is 17.6 Å². The minimum absolute atomic E-state index is 0.367. The first kappa shape index (κ1) is 23.5. The normalized spacial score (nSPS) is 11.5. The number of ether oxygens (including phenoxy) is 3. The van der Waals surface area contributed by atoms with Gasteiger partial charge in [0.15, 0.2) is 6.20 Å². The molecule has 35 heavy (non-hydrogen) atoms. The number of esters is 2. The molecule has 0 saturated carbocycles. The predicted molar refractivity (Wildman–Crippen MR) is 131 cm³/mol. The average Bonchev–Trinajstić information content (AvgIpc) is 2.92. The van der Waals surface area contributed by atoms with Gasteiger partial charge in [-0.1, -0.05) is 48.5 Å². The number of fused-ring (bicyclic) bond motifs is 1. The van der Waals surface area contributed by atoms with E-state index >= 15 is 0 Å². The van der Waals surface area contributed by atoms with Gasteiger partial charge in [0.2, 0.25) is 5.69 Å². The molecule has 3 aromatic carbocycles. The molecule has 1 aromatic heterocycles. The van der Waals surface area contributed by atoms with Crippen LogP contribution in [0.5, 0.6) is 5.75 Å². The Hall–Kier alpha value is -4.65. The predicted octanol–water partition coefficient (Wildman–Crippen LogP) is 4.54. The number of pyridine rings is 1. The Kier molecular flexibility index (Phi) is 6.78. The maximum Gasteiger partial charge on any atom is 0.408 e. The van der Waals surface area contributed by atoms with E-state index in [0.717, 1.165) is 34.6 Å². The summed E-state index contributed by atoms with van der Waals surface area (Å²) in [4.78, 5) is 25.3. The molecule has 0 aliphatic heterocycles. The number of methoxy groups -OCH3 is 3. The SMILES string of the molecule is COC(=O)/C(O)=C(\C(=O)OC)[n+]1cc2ccccc2c(-c2ccccc2)c1-c1ccc(OC)cc1. The molecule has 0 aliphatic rings. The minimum Gasteiger partial charge on any atom is -0.497 e. The molecule has 4 aromatic rings. The van der Waals surface area contributed by atoms with Crippen LogP contribution in [0, 0.1) is 0 Å². The van der Waals surface area contributed by atoms with Gasteiger partial charge in [0.05, 0.1) is 26.9 Å². The lowest BCUT2D eigenvalue weighted by atomic mass is 9.93. The summed E-state index contributed by atoms with van der Waals surface area (Å²) in [5.74, 6) is -2.17. The Labute approximate surface area is 202 Å². The molecule has 0 spiro atoms. The van der Waals surface area contributed by atoms with Crippen LogP contribution in [-0.4, -0.2) is 38.4 Å². The zero-order valence-corrected chi connectivity index (χ0v) is 19.5. The van der Waals surface area contributed by atoms with Crippen molar-refractivity contribution in [3.05, 3.63) is 90.8 Å². The second-order valence-corrected chi connectivity index (χ2v) is 7.58. The van der Waals surface area contributed by atoms with Crippen LogP contribution < -0.4 is 9.30 Å². The van der Waals surface area contributed by atoms with Gasteiger partial charge in [-0.15, -0.1) is 4.57 Å². The summed E-state index contributed by atoms with van der Waals surface area (Å²) in [6.45, 7) is 0. The summed E-state index contributed by atoms with van der Waals surface area (Å²) in [7, 11) is 3.88. The molecule has 0 unspecified atom stereocenters. The van der Waals surface area contributed by atoms with Crippen LogP contribution in [0.4, 0.5) is 0 Å². The summed E-state index contributed by atoms with van der Waals surface area (Å²) >= 11 is 0. The van der Waals surface area contributed by atoms with Gasteiger partial charge in [-0.2, -0.15) is 0 Å². The smallest absolute Gasteiger partial charge is 0.408 e. The molecule has 0 atom stereocenters. The number of carbonyl (C=O) groups is 2. The van der Waals surface area contributed by atoms with E-state index in [2.05, 4.69) is 0 Å². The minimum atomic E-state index is -1.06. The fourth-order valence-corrected chi connectivity index (χ4v) is 3.99. The summed E-state index contributed by atoms with van der Waals surface area (Å²) in [5.41, 5.74) is 2.59. The van der Waals surface area contributed by atoms with Gasteiger partial charge in [-0.3, -0.25) is 0 Å². The van der Waals surface area contributed by atoms with E-state index < -0.39 is 17.7 Å². The third-order valence-electron chi connectivity index (χ3n) is 5.62. The zero-order chi connectivity index (χ0) is 24.9. The van der Waals surface area contributed by atoms with Crippen molar-refractivity contribution in [2.75, 3.05) is 21.3 Å². The van der Waals surface area contributed by atoms with E-state index in [9.17, 15) is 14.7 Å². The Balaban J connectivity index is 2.22. The molecular formula is C28H24NO6+. The van der Waals surface area contributed by atoms with E-state index in [-0.39, 0.29) is 5.70 Å². The monoisotopic (exact) mass is 470 g/mol. The standard InChI is InChI=1S/C28H23NO6/c1-33-21-15-13-19(14-16-21)24-23(18-9-5-4-6-10-18)22-12-8-7-11-20(22)17-29(24)25(27(31)34-2)26(30)28(32)35-3/h4-17H,1-3H3/p+1. The van der Waals surface area contributed by atoms with Crippen LogP contribution in [-0.2, 0) is 19.1 Å². The van der Waals surface area contributed by atoms with Crippen molar-refractivity contribution in [2.24, 2.45) is 0 Å². The van der Waals surface area contributed by atoms with Crippen molar-refractivity contribution < 1.29 is 33.5 Å². The number of hydrogen-bond donors (Lipinski definition) is 1. The number of aliphatic hydroxyl groups is 1. The topological polar surface area (TPSA) is 85.9 Å². The Morgan fingerprint density at radius 3 is 2.00 bits per heavy atom. The third-order valence-corrected chi connectivity index (χ3v) is 5.62. The molecule has 4 rings (SSSR count). The summed E-state index contributed by atoms with van der Waals surface area (Å²) in [6, 6.07) is 24.6. The molecule has 7 nitrogen and oxygen atoms in total. The first-order valence-electron chi connectivity index (χ1n) is 10.8. The van der Waals surface area contributed by atoms with E-state index in [1.807, 2.05) is 66.7 Å². The van der Waals surface area contributed by atoms with Crippen molar-refractivity contribution in [3.8, 4) is 28.1 Å². The highest BCUT2D eigenvalue weighted by molar-refractivity contribution is 6.14. The second kappa shape index (κ2) is 10.1. The number of carbonyl (C=O) groups excluding carboxylic acids is 2. The fourth-order valence-electron chi connectivity index (χ4n) is 3.99. The molecule has 176 valence electrons. The number of rotatable bonds is 6. The Morgan fingerprint density at radius 2 is 1.37 bits per heavy atom. The molecule has 7 heteroatoms.